The minimum atomic E-state index is -0.0105. The molecule has 108 valence electrons. The van der Waals surface area contributed by atoms with Crippen LogP contribution in [0.25, 0.3) is 0 Å². The van der Waals surface area contributed by atoms with Gasteiger partial charge in [-0.05, 0) is 38.4 Å². The number of halogens is 1. The van der Waals surface area contributed by atoms with Crippen molar-refractivity contribution in [2.45, 2.75) is 26.3 Å². The molecule has 0 saturated carbocycles. The van der Waals surface area contributed by atoms with E-state index in [1.807, 2.05) is 13.0 Å². The maximum Gasteiger partial charge on any atom is 0.265 e. The Kier molecular flexibility index (Phi) is 6.10. The highest BCUT2D eigenvalue weighted by atomic mass is 35.5. The number of hydrogen-bond acceptors (Lipinski definition) is 4. The van der Waals surface area contributed by atoms with Gasteiger partial charge in [0, 0.05) is 10.9 Å². The molecule has 2 unspecified atom stereocenters. The van der Waals surface area contributed by atoms with Gasteiger partial charge < -0.3 is 15.4 Å². The third-order valence-corrected chi connectivity index (χ3v) is 4.38. The second-order valence-corrected chi connectivity index (χ2v) is 6.06. The lowest BCUT2D eigenvalue weighted by Gasteiger charge is -2.30. The summed E-state index contributed by atoms with van der Waals surface area (Å²) in [4.78, 5) is 14.0. The largest absolute Gasteiger partial charge is 0.495 e. The number of ether oxygens (including phenoxy) is 1. The van der Waals surface area contributed by atoms with E-state index in [4.69, 9.17) is 4.74 Å². The minimum absolute atomic E-state index is 0. The van der Waals surface area contributed by atoms with Crippen LogP contribution in [0.3, 0.4) is 0 Å². The minimum Gasteiger partial charge on any atom is -0.495 e. The lowest BCUT2D eigenvalue weighted by Crippen LogP contribution is -2.48. The van der Waals surface area contributed by atoms with Gasteiger partial charge in [-0.1, -0.05) is 6.92 Å². The monoisotopic (exact) mass is 304 g/mol. The summed E-state index contributed by atoms with van der Waals surface area (Å²) < 4.78 is 5.24. The molecular weight excluding hydrogens is 284 g/mol. The van der Waals surface area contributed by atoms with E-state index in [0.717, 1.165) is 24.4 Å². The predicted molar refractivity (Wildman–Crippen MR) is 80.8 cm³/mol. The highest BCUT2D eigenvalue weighted by molar-refractivity contribution is 7.14. The molecule has 2 heterocycles. The zero-order valence-electron chi connectivity index (χ0n) is 11.5. The first-order chi connectivity index (χ1) is 8.61. The number of carbonyl (C=O) groups excluding carboxylic acids is 1. The summed E-state index contributed by atoms with van der Waals surface area (Å²) in [7, 11) is 1.60. The van der Waals surface area contributed by atoms with Crippen molar-refractivity contribution in [1.29, 1.82) is 0 Å². The van der Waals surface area contributed by atoms with Gasteiger partial charge in [-0.15, -0.1) is 23.7 Å². The second kappa shape index (κ2) is 7.12. The number of methoxy groups -OCH3 is 1. The third kappa shape index (κ3) is 3.84. The van der Waals surface area contributed by atoms with Crippen LogP contribution in [0.4, 0.5) is 0 Å². The summed E-state index contributed by atoms with van der Waals surface area (Å²) in [6, 6.07) is 2.16. The van der Waals surface area contributed by atoms with Crippen LogP contribution in [0.2, 0.25) is 0 Å². The zero-order valence-corrected chi connectivity index (χ0v) is 13.1. The van der Waals surface area contributed by atoms with Gasteiger partial charge in [-0.2, -0.15) is 0 Å². The van der Waals surface area contributed by atoms with Gasteiger partial charge in [0.15, 0.2) is 0 Å². The molecular formula is C13H21ClN2O2S. The standard InChI is InChI=1S/C13H20N2O2S.ClH/c1-8-7-14-5-4-10(8)15-13(16)12-11(17-3)6-9(2)18-12;/h6,8,10,14H,4-5,7H2,1-3H3,(H,15,16);1H. The Morgan fingerprint density at radius 2 is 2.32 bits per heavy atom. The Morgan fingerprint density at radius 1 is 1.58 bits per heavy atom. The van der Waals surface area contributed by atoms with Crippen LogP contribution in [-0.2, 0) is 0 Å². The van der Waals surface area contributed by atoms with E-state index < -0.39 is 0 Å². The number of carbonyl (C=O) groups is 1. The van der Waals surface area contributed by atoms with Gasteiger partial charge in [-0.25, -0.2) is 0 Å². The average Bonchev–Trinajstić information content (AvgIpc) is 2.73. The number of rotatable bonds is 3. The summed E-state index contributed by atoms with van der Waals surface area (Å²) in [5, 5.41) is 6.46. The number of nitrogens with one attached hydrogen (secondary N) is 2. The lowest BCUT2D eigenvalue weighted by atomic mass is 9.95. The molecule has 1 amide bonds. The first-order valence-corrected chi connectivity index (χ1v) is 7.09. The van der Waals surface area contributed by atoms with E-state index in [1.54, 1.807) is 7.11 Å². The van der Waals surface area contributed by atoms with Crippen molar-refractivity contribution < 1.29 is 9.53 Å². The average molecular weight is 305 g/mol. The van der Waals surface area contributed by atoms with Crippen molar-refractivity contribution in [2.75, 3.05) is 20.2 Å². The van der Waals surface area contributed by atoms with Crippen molar-refractivity contribution in [1.82, 2.24) is 10.6 Å². The SMILES string of the molecule is COc1cc(C)sc1C(=O)NC1CCNCC1C.Cl. The van der Waals surface area contributed by atoms with Crippen molar-refractivity contribution in [3.8, 4) is 5.75 Å². The molecule has 2 rings (SSSR count). The van der Waals surface area contributed by atoms with Gasteiger partial charge in [0.1, 0.15) is 10.6 Å². The fourth-order valence-electron chi connectivity index (χ4n) is 2.26. The summed E-state index contributed by atoms with van der Waals surface area (Å²) >= 11 is 1.48. The topological polar surface area (TPSA) is 50.4 Å². The van der Waals surface area contributed by atoms with Gasteiger partial charge in [0.25, 0.3) is 5.91 Å². The number of hydrogen-bond donors (Lipinski definition) is 2. The molecule has 0 spiro atoms. The number of aryl methyl sites for hydroxylation is 1. The molecule has 1 aliphatic heterocycles. The van der Waals surface area contributed by atoms with Gasteiger partial charge >= 0.3 is 0 Å². The molecule has 0 radical (unpaired) electrons. The maximum atomic E-state index is 12.3. The van der Waals surface area contributed by atoms with Crippen molar-refractivity contribution in [3.63, 3.8) is 0 Å². The Hall–Kier alpha value is -0.780. The third-order valence-electron chi connectivity index (χ3n) is 3.35. The van der Waals surface area contributed by atoms with Crippen molar-refractivity contribution in [2.24, 2.45) is 5.92 Å². The fourth-order valence-corrected chi connectivity index (χ4v) is 3.15. The van der Waals surface area contributed by atoms with Crippen LogP contribution >= 0.6 is 23.7 Å². The van der Waals surface area contributed by atoms with E-state index >= 15 is 0 Å². The van der Waals surface area contributed by atoms with Gasteiger partial charge in [-0.3, -0.25) is 4.79 Å². The molecule has 19 heavy (non-hydrogen) atoms. The molecule has 2 atom stereocenters. The van der Waals surface area contributed by atoms with E-state index in [2.05, 4.69) is 17.6 Å². The summed E-state index contributed by atoms with van der Waals surface area (Å²) in [6.45, 7) is 6.08. The number of piperidine rings is 1. The molecule has 1 aromatic rings. The number of amides is 1. The van der Waals surface area contributed by atoms with Crippen molar-refractivity contribution >= 4 is 29.7 Å². The van der Waals surface area contributed by atoms with E-state index in [9.17, 15) is 4.79 Å². The Labute approximate surface area is 124 Å². The molecule has 6 heteroatoms. The maximum absolute atomic E-state index is 12.3. The summed E-state index contributed by atoms with van der Waals surface area (Å²) in [5.74, 6) is 1.13. The lowest BCUT2D eigenvalue weighted by molar-refractivity contribution is 0.0915. The molecule has 1 fully saturated rings. The molecule has 0 bridgehead atoms. The van der Waals surface area contributed by atoms with E-state index in [1.165, 1.54) is 11.3 Å². The van der Waals surface area contributed by atoms with Crippen LogP contribution < -0.4 is 15.4 Å². The molecule has 4 nitrogen and oxygen atoms in total. The Bertz CT molecular complexity index is 436. The van der Waals surface area contributed by atoms with Crippen LogP contribution in [0.15, 0.2) is 6.07 Å². The van der Waals surface area contributed by atoms with E-state index in [0.29, 0.717) is 16.5 Å². The quantitative estimate of drug-likeness (QED) is 0.900. The summed E-state index contributed by atoms with van der Waals surface area (Å²) in [5.41, 5.74) is 0. The Morgan fingerprint density at radius 3 is 2.95 bits per heavy atom. The molecule has 2 N–H and O–H groups in total. The fraction of sp³-hybridized carbons (Fsp3) is 0.615. The first kappa shape index (κ1) is 16.3. The molecule has 1 aliphatic rings. The second-order valence-electron chi connectivity index (χ2n) is 4.80. The van der Waals surface area contributed by atoms with Crippen molar-refractivity contribution in [3.05, 3.63) is 15.8 Å². The van der Waals surface area contributed by atoms with Crippen LogP contribution in [0.1, 0.15) is 27.9 Å². The number of thiophene rings is 1. The normalized spacial score (nSPS) is 22.5. The highest BCUT2D eigenvalue weighted by Crippen LogP contribution is 2.28. The predicted octanol–water partition coefficient (Wildman–Crippen LogP) is 2.21. The molecule has 1 saturated heterocycles. The van der Waals surface area contributed by atoms with Gasteiger partial charge in [0.2, 0.25) is 0 Å². The highest BCUT2D eigenvalue weighted by Gasteiger charge is 2.25. The smallest absolute Gasteiger partial charge is 0.265 e. The zero-order chi connectivity index (χ0) is 13.1. The molecule has 1 aromatic heterocycles. The first-order valence-electron chi connectivity index (χ1n) is 6.28. The Balaban J connectivity index is 0.00000180. The summed E-state index contributed by atoms with van der Waals surface area (Å²) in [6.07, 6.45) is 0.986. The van der Waals surface area contributed by atoms with Crippen LogP contribution in [0.5, 0.6) is 5.75 Å². The van der Waals surface area contributed by atoms with Gasteiger partial charge in [0.05, 0.1) is 7.11 Å². The van der Waals surface area contributed by atoms with Crippen LogP contribution in [0, 0.1) is 12.8 Å². The van der Waals surface area contributed by atoms with E-state index in [-0.39, 0.29) is 24.4 Å². The molecule has 0 aromatic carbocycles. The molecule has 0 aliphatic carbocycles. The van der Waals surface area contributed by atoms with Crippen LogP contribution in [-0.4, -0.2) is 32.1 Å².